The third-order valence-corrected chi connectivity index (χ3v) is 2.80. The molecule has 0 fully saturated rings. The molecule has 1 aromatic heterocycles. The fourth-order valence-corrected chi connectivity index (χ4v) is 1.82. The van der Waals surface area contributed by atoms with Crippen molar-refractivity contribution in [2.75, 3.05) is 5.32 Å². The quantitative estimate of drug-likeness (QED) is 0.682. The molecule has 6 nitrogen and oxygen atoms in total. The molecule has 1 N–H and O–H groups in total. The van der Waals surface area contributed by atoms with Crippen LogP contribution in [0.15, 0.2) is 30.5 Å². The molecule has 0 aliphatic carbocycles. The Morgan fingerprint density at radius 2 is 2.28 bits per heavy atom. The van der Waals surface area contributed by atoms with E-state index in [9.17, 15) is 10.1 Å². The number of aryl methyl sites for hydroxylation is 1. The number of rotatable bonds is 4. The second kappa shape index (κ2) is 5.05. The fraction of sp³-hybridized carbons (Fsp3) is 0.182. The minimum Gasteiger partial charge on any atom is -0.364 e. The van der Waals surface area contributed by atoms with Gasteiger partial charge in [0.2, 0.25) is 0 Å². The Balaban J connectivity index is 2.20. The van der Waals surface area contributed by atoms with E-state index in [1.54, 1.807) is 36.1 Å². The van der Waals surface area contributed by atoms with Crippen molar-refractivity contribution in [2.24, 2.45) is 7.05 Å². The maximum atomic E-state index is 10.9. The van der Waals surface area contributed by atoms with Gasteiger partial charge in [0, 0.05) is 31.9 Å². The van der Waals surface area contributed by atoms with Gasteiger partial charge in [-0.1, -0.05) is 17.7 Å². The molecule has 0 atom stereocenters. The second-order valence-electron chi connectivity index (χ2n) is 3.72. The van der Waals surface area contributed by atoms with E-state index in [0.717, 1.165) is 0 Å². The van der Waals surface area contributed by atoms with Gasteiger partial charge in [0.25, 0.3) is 5.69 Å². The van der Waals surface area contributed by atoms with Crippen LogP contribution in [0, 0.1) is 10.1 Å². The van der Waals surface area contributed by atoms with E-state index in [2.05, 4.69) is 10.4 Å². The molecule has 0 spiro atoms. The lowest BCUT2D eigenvalue weighted by Crippen LogP contribution is -2.04. The van der Waals surface area contributed by atoms with Gasteiger partial charge in [0.05, 0.1) is 15.5 Å². The van der Waals surface area contributed by atoms with Crippen molar-refractivity contribution < 1.29 is 4.92 Å². The average Bonchev–Trinajstić information content (AvgIpc) is 2.73. The monoisotopic (exact) mass is 266 g/mol. The van der Waals surface area contributed by atoms with E-state index in [1.807, 2.05) is 0 Å². The number of anilines is 1. The minimum absolute atomic E-state index is 0.00549. The molecule has 0 amide bonds. The Morgan fingerprint density at radius 3 is 2.89 bits per heavy atom. The molecule has 0 radical (unpaired) electrons. The van der Waals surface area contributed by atoms with Gasteiger partial charge in [0.1, 0.15) is 5.82 Å². The zero-order valence-corrected chi connectivity index (χ0v) is 10.4. The van der Waals surface area contributed by atoms with Crippen LogP contribution in [0.5, 0.6) is 0 Å². The SMILES string of the molecule is Cn1ccc(NCc2c(Cl)cccc2[N+](=O)[O-])n1. The zero-order chi connectivity index (χ0) is 13.1. The number of nitro groups is 1. The molecule has 2 aromatic rings. The van der Waals surface area contributed by atoms with Crippen molar-refractivity contribution in [1.82, 2.24) is 9.78 Å². The van der Waals surface area contributed by atoms with Crippen molar-refractivity contribution in [3.8, 4) is 0 Å². The van der Waals surface area contributed by atoms with Gasteiger partial charge in [0.15, 0.2) is 0 Å². The number of nitro benzene ring substituents is 1. The molecule has 0 aliphatic rings. The number of hydrogen-bond donors (Lipinski definition) is 1. The van der Waals surface area contributed by atoms with Gasteiger partial charge in [-0.2, -0.15) is 5.10 Å². The van der Waals surface area contributed by atoms with Crippen LogP contribution in [-0.4, -0.2) is 14.7 Å². The van der Waals surface area contributed by atoms with E-state index in [1.165, 1.54) is 6.07 Å². The molecule has 7 heteroatoms. The van der Waals surface area contributed by atoms with E-state index in [0.29, 0.717) is 16.4 Å². The highest BCUT2D eigenvalue weighted by Gasteiger charge is 2.16. The maximum Gasteiger partial charge on any atom is 0.275 e. The van der Waals surface area contributed by atoms with E-state index in [4.69, 9.17) is 11.6 Å². The van der Waals surface area contributed by atoms with Crippen LogP contribution < -0.4 is 5.32 Å². The van der Waals surface area contributed by atoms with Crippen molar-refractivity contribution in [1.29, 1.82) is 0 Å². The molecule has 0 unspecified atom stereocenters. The van der Waals surface area contributed by atoms with Gasteiger partial charge in [-0.05, 0) is 6.07 Å². The normalized spacial score (nSPS) is 10.3. The smallest absolute Gasteiger partial charge is 0.275 e. The number of nitrogens with zero attached hydrogens (tertiary/aromatic N) is 3. The third kappa shape index (κ3) is 2.60. The lowest BCUT2D eigenvalue weighted by Gasteiger charge is -2.06. The summed E-state index contributed by atoms with van der Waals surface area (Å²) in [5, 5.41) is 18.4. The predicted molar refractivity (Wildman–Crippen MR) is 68.6 cm³/mol. The van der Waals surface area contributed by atoms with Crippen LogP contribution >= 0.6 is 11.6 Å². The van der Waals surface area contributed by atoms with Crippen LogP contribution in [0.25, 0.3) is 0 Å². The molecule has 0 bridgehead atoms. The summed E-state index contributed by atoms with van der Waals surface area (Å²) >= 11 is 5.97. The van der Waals surface area contributed by atoms with Crippen LogP contribution in [0.4, 0.5) is 11.5 Å². The van der Waals surface area contributed by atoms with Crippen molar-refractivity contribution in [2.45, 2.75) is 6.54 Å². The summed E-state index contributed by atoms with van der Waals surface area (Å²) in [5.74, 6) is 0.645. The van der Waals surface area contributed by atoms with Gasteiger partial charge in [-0.25, -0.2) is 0 Å². The molecule has 0 saturated carbocycles. The molecule has 94 valence electrons. The van der Waals surface area contributed by atoms with Crippen LogP contribution in [-0.2, 0) is 13.6 Å². The Morgan fingerprint density at radius 1 is 1.50 bits per heavy atom. The number of aromatic nitrogens is 2. The standard InChI is InChI=1S/C11H11ClN4O2/c1-15-6-5-11(14-15)13-7-8-9(12)3-2-4-10(8)16(17)18/h2-6H,7H2,1H3,(H,13,14). The predicted octanol–water partition coefficient (Wildman–Crippen LogP) is 2.59. The molecule has 0 saturated heterocycles. The molecule has 1 aromatic carbocycles. The van der Waals surface area contributed by atoms with E-state index < -0.39 is 4.92 Å². The second-order valence-corrected chi connectivity index (χ2v) is 4.13. The Kier molecular flexibility index (Phi) is 3.47. The lowest BCUT2D eigenvalue weighted by atomic mass is 10.2. The zero-order valence-electron chi connectivity index (χ0n) is 9.63. The first kappa shape index (κ1) is 12.4. The summed E-state index contributed by atoms with van der Waals surface area (Å²) in [6, 6.07) is 6.40. The first-order valence-corrected chi connectivity index (χ1v) is 5.61. The first-order chi connectivity index (χ1) is 8.58. The van der Waals surface area contributed by atoms with Crippen molar-refractivity contribution in [3.63, 3.8) is 0 Å². The van der Waals surface area contributed by atoms with Crippen molar-refractivity contribution in [3.05, 3.63) is 51.2 Å². The minimum atomic E-state index is -0.443. The van der Waals surface area contributed by atoms with Crippen LogP contribution in [0.2, 0.25) is 5.02 Å². The first-order valence-electron chi connectivity index (χ1n) is 5.23. The van der Waals surface area contributed by atoms with Crippen molar-refractivity contribution >= 4 is 23.1 Å². The largest absolute Gasteiger partial charge is 0.364 e. The Bertz CT molecular complexity index is 582. The van der Waals surface area contributed by atoms with E-state index >= 15 is 0 Å². The summed E-state index contributed by atoms with van der Waals surface area (Å²) < 4.78 is 1.64. The summed E-state index contributed by atoms with van der Waals surface area (Å²) in [6.45, 7) is 0.257. The highest BCUT2D eigenvalue weighted by atomic mass is 35.5. The van der Waals surface area contributed by atoms with Crippen LogP contribution in [0.3, 0.4) is 0 Å². The molecular formula is C11H11ClN4O2. The van der Waals surface area contributed by atoms with Crippen LogP contribution in [0.1, 0.15) is 5.56 Å². The highest BCUT2D eigenvalue weighted by Crippen LogP contribution is 2.26. The number of halogens is 1. The summed E-state index contributed by atoms with van der Waals surface area (Å²) in [6.07, 6.45) is 1.78. The average molecular weight is 267 g/mol. The van der Waals surface area contributed by atoms with E-state index in [-0.39, 0.29) is 12.2 Å². The number of benzene rings is 1. The molecular weight excluding hydrogens is 256 g/mol. The molecule has 18 heavy (non-hydrogen) atoms. The lowest BCUT2D eigenvalue weighted by molar-refractivity contribution is -0.385. The Labute approximate surface area is 108 Å². The highest BCUT2D eigenvalue weighted by molar-refractivity contribution is 6.31. The van der Waals surface area contributed by atoms with Gasteiger partial charge in [-0.3, -0.25) is 14.8 Å². The van der Waals surface area contributed by atoms with Gasteiger partial charge >= 0.3 is 0 Å². The summed E-state index contributed by atoms with van der Waals surface area (Å²) in [4.78, 5) is 10.4. The number of nitrogens with one attached hydrogen (secondary N) is 1. The number of hydrogen-bond acceptors (Lipinski definition) is 4. The fourth-order valence-electron chi connectivity index (χ4n) is 1.58. The molecule has 1 heterocycles. The Hall–Kier alpha value is -2.08. The maximum absolute atomic E-state index is 10.9. The third-order valence-electron chi connectivity index (χ3n) is 2.45. The topological polar surface area (TPSA) is 73.0 Å². The van der Waals surface area contributed by atoms with Gasteiger partial charge in [-0.15, -0.1) is 0 Å². The molecule has 2 rings (SSSR count). The summed E-state index contributed by atoms with van der Waals surface area (Å²) in [5.41, 5.74) is 0.459. The van der Waals surface area contributed by atoms with Gasteiger partial charge < -0.3 is 5.32 Å². The molecule has 0 aliphatic heterocycles. The summed E-state index contributed by atoms with van der Waals surface area (Å²) in [7, 11) is 1.79.